The number of anilines is 1. The zero-order chi connectivity index (χ0) is 19.2. The molecule has 1 aromatic heterocycles. The van der Waals surface area contributed by atoms with E-state index in [-0.39, 0.29) is 24.0 Å². The molecule has 0 bridgehead atoms. The molecule has 0 amide bonds. The summed E-state index contributed by atoms with van der Waals surface area (Å²) in [5.74, 6) is 0.783. The lowest BCUT2D eigenvalue weighted by atomic mass is 10.1. The van der Waals surface area contributed by atoms with Crippen molar-refractivity contribution in [2.45, 2.75) is 20.0 Å². The van der Waals surface area contributed by atoms with Gasteiger partial charge in [0.05, 0.1) is 6.54 Å². The van der Waals surface area contributed by atoms with Gasteiger partial charge in [-0.3, -0.25) is 4.99 Å². The lowest BCUT2D eigenvalue weighted by molar-refractivity contribution is 0.312. The van der Waals surface area contributed by atoms with Crippen molar-refractivity contribution in [1.29, 1.82) is 0 Å². The number of halogens is 2. The molecule has 0 aliphatic carbocycles. The number of guanidine groups is 1. The third kappa shape index (κ3) is 6.23. The maximum Gasteiger partial charge on any atom is 0.191 e. The van der Waals surface area contributed by atoms with Crippen molar-refractivity contribution < 1.29 is 0 Å². The monoisotopic (exact) mass is 533 g/mol. The van der Waals surface area contributed by atoms with Crippen LogP contribution in [-0.2, 0) is 13.1 Å². The van der Waals surface area contributed by atoms with Gasteiger partial charge in [0.2, 0.25) is 0 Å². The molecule has 1 aliphatic rings. The highest BCUT2D eigenvalue weighted by molar-refractivity contribution is 14.0. The zero-order valence-corrected chi connectivity index (χ0v) is 20.6. The minimum absolute atomic E-state index is 0. The van der Waals surface area contributed by atoms with Crippen LogP contribution in [0.2, 0.25) is 5.02 Å². The Morgan fingerprint density at radius 3 is 2.46 bits per heavy atom. The van der Waals surface area contributed by atoms with E-state index in [1.165, 1.54) is 15.4 Å². The fourth-order valence-electron chi connectivity index (χ4n) is 3.21. The molecule has 5 nitrogen and oxygen atoms in total. The first-order valence-electron chi connectivity index (χ1n) is 9.27. The van der Waals surface area contributed by atoms with E-state index in [4.69, 9.17) is 11.6 Å². The third-order valence-corrected chi connectivity index (χ3v) is 6.18. The van der Waals surface area contributed by atoms with Gasteiger partial charge in [0.1, 0.15) is 0 Å². The Bertz CT molecular complexity index is 787. The molecule has 2 aromatic rings. The van der Waals surface area contributed by atoms with E-state index in [1.807, 2.05) is 12.1 Å². The van der Waals surface area contributed by atoms with E-state index in [0.717, 1.165) is 49.3 Å². The van der Waals surface area contributed by atoms with Crippen LogP contribution in [0.1, 0.15) is 15.3 Å². The summed E-state index contributed by atoms with van der Waals surface area (Å²) in [6.07, 6.45) is 0. The standard InChI is InChI=1S/C20H28ClN5S.HI/c1-15-7-8-16(27-15)13-23-20(22-2)24-14-17-18(21)5-4-6-19(17)26-11-9-25(3)10-12-26;/h4-8H,9-14H2,1-3H3,(H2,22,23,24);1H. The molecule has 2 N–H and O–H groups in total. The van der Waals surface area contributed by atoms with Gasteiger partial charge in [0.15, 0.2) is 5.96 Å². The first kappa shape index (κ1) is 23.3. The van der Waals surface area contributed by atoms with Gasteiger partial charge in [-0.15, -0.1) is 35.3 Å². The topological polar surface area (TPSA) is 42.9 Å². The molecular weight excluding hydrogens is 505 g/mol. The van der Waals surface area contributed by atoms with Gasteiger partial charge in [-0.2, -0.15) is 0 Å². The smallest absolute Gasteiger partial charge is 0.191 e. The second-order valence-electron chi connectivity index (χ2n) is 6.82. The van der Waals surface area contributed by atoms with Crippen molar-refractivity contribution in [3.05, 3.63) is 50.7 Å². The second kappa shape index (κ2) is 11.2. The lowest BCUT2D eigenvalue weighted by Crippen LogP contribution is -2.45. The number of aryl methyl sites for hydroxylation is 1. The van der Waals surface area contributed by atoms with Crippen LogP contribution in [0.3, 0.4) is 0 Å². The number of likely N-dealkylation sites (N-methyl/N-ethyl adjacent to an activating group) is 1. The Balaban J connectivity index is 0.00000280. The first-order valence-corrected chi connectivity index (χ1v) is 10.5. The summed E-state index contributed by atoms with van der Waals surface area (Å²) in [5, 5.41) is 7.59. The Morgan fingerprint density at radius 2 is 1.82 bits per heavy atom. The Morgan fingerprint density at radius 1 is 1.11 bits per heavy atom. The van der Waals surface area contributed by atoms with E-state index >= 15 is 0 Å². The number of hydrogen-bond donors (Lipinski definition) is 2. The van der Waals surface area contributed by atoms with Crippen molar-refractivity contribution >= 4 is 58.6 Å². The van der Waals surface area contributed by atoms with E-state index in [9.17, 15) is 0 Å². The fourth-order valence-corrected chi connectivity index (χ4v) is 4.28. The van der Waals surface area contributed by atoms with Crippen molar-refractivity contribution in [2.75, 3.05) is 45.2 Å². The van der Waals surface area contributed by atoms with Gasteiger partial charge in [0, 0.05) is 65.8 Å². The summed E-state index contributed by atoms with van der Waals surface area (Å²) < 4.78 is 0. The summed E-state index contributed by atoms with van der Waals surface area (Å²) in [7, 11) is 3.96. The van der Waals surface area contributed by atoms with E-state index < -0.39 is 0 Å². The number of thiophene rings is 1. The van der Waals surface area contributed by atoms with Gasteiger partial charge < -0.3 is 20.4 Å². The number of piperazine rings is 1. The second-order valence-corrected chi connectivity index (χ2v) is 8.60. The molecule has 28 heavy (non-hydrogen) atoms. The maximum atomic E-state index is 6.54. The Kier molecular flexibility index (Phi) is 9.33. The Hall–Kier alpha value is -1.03. The largest absolute Gasteiger partial charge is 0.369 e. The summed E-state index contributed by atoms with van der Waals surface area (Å²) in [6.45, 7) is 7.73. The minimum atomic E-state index is 0. The van der Waals surface area contributed by atoms with E-state index in [2.05, 4.69) is 57.6 Å². The highest BCUT2D eigenvalue weighted by Gasteiger charge is 2.18. The molecule has 154 valence electrons. The van der Waals surface area contributed by atoms with Crippen LogP contribution in [-0.4, -0.2) is 51.1 Å². The van der Waals surface area contributed by atoms with E-state index in [0.29, 0.717) is 6.54 Å². The molecule has 2 heterocycles. The summed E-state index contributed by atoms with van der Waals surface area (Å²) >= 11 is 8.35. The number of benzene rings is 1. The SMILES string of the molecule is CN=C(NCc1ccc(C)s1)NCc1c(Cl)cccc1N1CCN(C)CC1.I. The highest BCUT2D eigenvalue weighted by atomic mass is 127. The van der Waals surface area contributed by atoms with Crippen LogP contribution >= 0.6 is 46.9 Å². The van der Waals surface area contributed by atoms with Crippen molar-refractivity contribution in [3.63, 3.8) is 0 Å². The number of nitrogens with one attached hydrogen (secondary N) is 2. The molecule has 1 aromatic carbocycles. The van der Waals surface area contributed by atoms with Gasteiger partial charge in [0.25, 0.3) is 0 Å². The molecule has 0 atom stereocenters. The predicted octanol–water partition coefficient (Wildman–Crippen LogP) is 3.94. The molecule has 0 spiro atoms. The highest BCUT2D eigenvalue weighted by Crippen LogP contribution is 2.28. The molecule has 8 heteroatoms. The number of aliphatic imine (C=N–C) groups is 1. The molecule has 1 aliphatic heterocycles. The fraction of sp³-hybridized carbons (Fsp3) is 0.450. The van der Waals surface area contributed by atoms with Crippen LogP contribution in [0.15, 0.2) is 35.3 Å². The number of hydrogen-bond acceptors (Lipinski definition) is 4. The molecule has 1 fully saturated rings. The maximum absolute atomic E-state index is 6.54. The van der Waals surface area contributed by atoms with E-state index in [1.54, 1.807) is 18.4 Å². The van der Waals surface area contributed by atoms with Crippen LogP contribution in [0.25, 0.3) is 0 Å². The van der Waals surface area contributed by atoms with Crippen molar-refractivity contribution in [1.82, 2.24) is 15.5 Å². The molecule has 1 saturated heterocycles. The predicted molar refractivity (Wildman–Crippen MR) is 133 cm³/mol. The molecular formula is C20H29ClIN5S. The molecule has 3 rings (SSSR count). The summed E-state index contributed by atoms with van der Waals surface area (Å²) in [5.41, 5.74) is 2.34. The molecule has 0 unspecified atom stereocenters. The summed E-state index contributed by atoms with van der Waals surface area (Å²) in [4.78, 5) is 11.7. The van der Waals surface area contributed by atoms with Crippen molar-refractivity contribution in [2.24, 2.45) is 4.99 Å². The number of nitrogens with zero attached hydrogens (tertiary/aromatic N) is 3. The van der Waals surface area contributed by atoms with Gasteiger partial charge >= 0.3 is 0 Å². The van der Waals surface area contributed by atoms with Gasteiger partial charge in [-0.1, -0.05) is 17.7 Å². The van der Waals surface area contributed by atoms with Crippen LogP contribution in [0.5, 0.6) is 0 Å². The first-order chi connectivity index (χ1) is 13.1. The number of rotatable bonds is 5. The average molecular weight is 534 g/mol. The minimum Gasteiger partial charge on any atom is -0.369 e. The van der Waals surface area contributed by atoms with Gasteiger partial charge in [-0.25, -0.2) is 0 Å². The van der Waals surface area contributed by atoms with Crippen LogP contribution in [0.4, 0.5) is 5.69 Å². The summed E-state index contributed by atoms with van der Waals surface area (Å²) in [6, 6.07) is 10.5. The van der Waals surface area contributed by atoms with Gasteiger partial charge in [-0.05, 0) is 38.2 Å². The average Bonchev–Trinajstić information content (AvgIpc) is 3.08. The molecule has 0 saturated carbocycles. The quantitative estimate of drug-likeness (QED) is 0.347. The normalized spacial score (nSPS) is 15.3. The van der Waals surface area contributed by atoms with Crippen LogP contribution < -0.4 is 15.5 Å². The van der Waals surface area contributed by atoms with Crippen molar-refractivity contribution in [3.8, 4) is 0 Å². The zero-order valence-electron chi connectivity index (χ0n) is 16.7. The Labute approximate surface area is 194 Å². The third-order valence-electron chi connectivity index (χ3n) is 4.82. The lowest BCUT2D eigenvalue weighted by Gasteiger charge is -2.35. The van der Waals surface area contributed by atoms with Crippen LogP contribution in [0, 0.1) is 6.92 Å². The molecule has 0 radical (unpaired) electrons.